The summed E-state index contributed by atoms with van der Waals surface area (Å²) in [6.07, 6.45) is 7.50. The van der Waals surface area contributed by atoms with Gasteiger partial charge in [-0.05, 0) is 73.4 Å². The third-order valence-electron chi connectivity index (χ3n) is 6.75. The number of aromatic nitrogens is 3. The van der Waals surface area contributed by atoms with Gasteiger partial charge in [-0.2, -0.15) is 0 Å². The maximum absolute atomic E-state index is 12.7. The predicted molar refractivity (Wildman–Crippen MR) is 130 cm³/mol. The topological polar surface area (TPSA) is 90.1 Å². The Balaban J connectivity index is 1.41. The largest absolute Gasteiger partial charge is 0.497 e. The summed E-state index contributed by atoms with van der Waals surface area (Å²) in [5, 5.41) is 11.6. The van der Waals surface area contributed by atoms with E-state index >= 15 is 0 Å². The van der Waals surface area contributed by atoms with Crippen molar-refractivity contribution in [3.05, 3.63) is 71.9 Å². The monoisotopic (exact) mass is 460 g/mol. The van der Waals surface area contributed by atoms with Crippen molar-refractivity contribution in [3.63, 3.8) is 0 Å². The minimum Gasteiger partial charge on any atom is -0.497 e. The van der Waals surface area contributed by atoms with Gasteiger partial charge in [0.15, 0.2) is 0 Å². The molecule has 2 aromatic heterocycles. The maximum atomic E-state index is 12.7. The third-order valence-corrected chi connectivity index (χ3v) is 6.75. The van der Waals surface area contributed by atoms with E-state index in [1.165, 1.54) is 5.57 Å². The number of allylic oxidation sites excluding steroid dienone is 1. The summed E-state index contributed by atoms with van der Waals surface area (Å²) >= 11 is 0. The molecule has 0 bridgehead atoms. The summed E-state index contributed by atoms with van der Waals surface area (Å²) in [4.78, 5) is 16.7. The van der Waals surface area contributed by atoms with Crippen LogP contribution < -0.4 is 10.1 Å². The number of carbonyl (C=O) groups is 1. The van der Waals surface area contributed by atoms with E-state index in [2.05, 4.69) is 47.3 Å². The second-order valence-corrected chi connectivity index (χ2v) is 9.29. The first-order chi connectivity index (χ1) is 16.4. The molecular formula is C27H32N4O3. The number of methoxy groups -OCH3 is 1. The zero-order valence-corrected chi connectivity index (χ0v) is 20.2. The Labute approximate surface area is 200 Å². The van der Waals surface area contributed by atoms with Gasteiger partial charge >= 0.3 is 0 Å². The Kier molecular flexibility index (Phi) is 7.40. The van der Waals surface area contributed by atoms with E-state index in [0.29, 0.717) is 48.1 Å². The van der Waals surface area contributed by atoms with E-state index in [1.54, 1.807) is 43.8 Å². The highest BCUT2D eigenvalue weighted by Gasteiger charge is 2.32. The Bertz CT molecular complexity index is 1120. The van der Waals surface area contributed by atoms with Crippen LogP contribution in [0.25, 0.3) is 11.5 Å². The summed E-state index contributed by atoms with van der Waals surface area (Å²) in [6.45, 7) is 7.29. The molecule has 34 heavy (non-hydrogen) atoms. The van der Waals surface area contributed by atoms with Crippen LogP contribution in [0.4, 0.5) is 0 Å². The molecule has 0 radical (unpaired) electrons. The van der Waals surface area contributed by atoms with Crippen molar-refractivity contribution < 1.29 is 13.9 Å². The number of hydrogen-bond acceptors (Lipinski definition) is 6. The molecule has 0 aliphatic heterocycles. The molecule has 7 heteroatoms. The first-order valence-electron chi connectivity index (χ1n) is 11.8. The van der Waals surface area contributed by atoms with Gasteiger partial charge in [-0.15, -0.1) is 10.2 Å². The van der Waals surface area contributed by atoms with Crippen LogP contribution in [0.3, 0.4) is 0 Å². The van der Waals surface area contributed by atoms with Crippen LogP contribution in [0.15, 0.2) is 64.9 Å². The molecule has 1 aliphatic rings. The molecule has 0 saturated heterocycles. The molecule has 7 nitrogen and oxygen atoms in total. The maximum Gasteiger partial charge on any atom is 0.251 e. The summed E-state index contributed by atoms with van der Waals surface area (Å²) in [5.41, 5.74) is 2.82. The molecular weight excluding hydrogens is 428 g/mol. The predicted octanol–water partition coefficient (Wildman–Crippen LogP) is 4.97. The van der Waals surface area contributed by atoms with Gasteiger partial charge in [-0.1, -0.05) is 25.5 Å². The fourth-order valence-corrected chi connectivity index (χ4v) is 4.72. The summed E-state index contributed by atoms with van der Waals surface area (Å²) < 4.78 is 11.1. The lowest BCUT2D eigenvalue weighted by Crippen LogP contribution is -2.37. The van der Waals surface area contributed by atoms with Crippen molar-refractivity contribution in [3.8, 4) is 17.2 Å². The molecule has 0 fully saturated rings. The number of amides is 1. The van der Waals surface area contributed by atoms with Crippen LogP contribution in [-0.4, -0.2) is 34.7 Å². The fourth-order valence-electron chi connectivity index (χ4n) is 4.72. The minimum absolute atomic E-state index is 0.0622. The number of hydrogen-bond donors (Lipinski definition) is 1. The second-order valence-electron chi connectivity index (χ2n) is 9.29. The highest BCUT2D eigenvalue weighted by Crippen LogP contribution is 2.38. The summed E-state index contributed by atoms with van der Waals surface area (Å²) in [6, 6.07) is 10.9. The zero-order chi connectivity index (χ0) is 24.1. The van der Waals surface area contributed by atoms with Crippen LogP contribution in [0.2, 0.25) is 0 Å². The van der Waals surface area contributed by atoms with E-state index in [9.17, 15) is 4.79 Å². The lowest BCUT2D eigenvalue weighted by molar-refractivity contribution is 0.0939. The van der Waals surface area contributed by atoms with Gasteiger partial charge in [0.05, 0.1) is 7.11 Å². The van der Waals surface area contributed by atoms with Gasteiger partial charge in [0.1, 0.15) is 5.75 Å². The summed E-state index contributed by atoms with van der Waals surface area (Å²) in [5.74, 6) is 3.42. The molecule has 0 saturated carbocycles. The van der Waals surface area contributed by atoms with E-state index in [0.717, 1.165) is 17.7 Å². The molecule has 4 rings (SSSR count). The van der Waals surface area contributed by atoms with Crippen LogP contribution in [0.5, 0.6) is 5.75 Å². The third kappa shape index (κ3) is 5.53. The van der Waals surface area contributed by atoms with E-state index < -0.39 is 0 Å². The lowest BCUT2D eigenvalue weighted by Gasteiger charge is -2.37. The highest BCUT2D eigenvalue weighted by atomic mass is 16.5. The SMILES string of the molecule is COc1ccc(C(=O)NCC2C=C(C)C(Cc3nnc(-c4ccncc4)o3)CC2C(C)C)cc1. The number of benzene rings is 1. The number of carbonyl (C=O) groups excluding carboxylic acids is 1. The van der Waals surface area contributed by atoms with Gasteiger partial charge in [-0.25, -0.2) is 0 Å². The van der Waals surface area contributed by atoms with Crippen molar-refractivity contribution in [2.45, 2.75) is 33.6 Å². The number of pyridine rings is 1. The van der Waals surface area contributed by atoms with Crippen molar-refractivity contribution in [2.75, 3.05) is 13.7 Å². The molecule has 178 valence electrons. The minimum atomic E-state index is -0.0622. The van der Waals surface area contributed by atoms with Crippen LogP contribution in [-0.2, 0) is 6.42 Å². The number of nitrogens with one attached hydrogen (secondary N) is 1. The van der Waals surface area contributed by atoms with E-state index in [4.69, 9.17) is 9.15 Å². The fraction of sp³-hybridized carbons (Fsp3) is 0.407. The number of ether oxygens (including phenoxy) is 1. The molecule has 3 atom stereocenters. The Morgan fingerprint density at radius 1 is 1.15 bits per heavy atom. The molecule has 2 heterocycles. The molecule has 0 spiro atoms. The van der Waals surface area contributed by atoms with Crippen molar-refractivity contribution in [1.29, 1.82) is 0 Å². The molecule has 1 aromatic carbocycles. The first kappa shape index (κ1) is 23.7. The number of nitrogens with zero attached hydrogens (tertiary/aromatic N) is 3. The highest BCUT2D eigenvalue weighted by molar-refractivity contribution is 5.94. The normalized spacial score (nSPS) is 20.1. The van der Waals surface area contributed by atoms with Crippen LogP contribution in [0, 0.1) is 23.7 Å². The van der Waals surface area contributed by atoms with Gasteiger partial charge in [0, 0.05) is 36.5 Å². The summed E-state index contributed by atoms with van der Waals surface area (Å²) in [7, 11) is 1.62. The van der Waals surface area contributed by atoms with Crippen molar-refractivity contribution >= 4 is 5.91 Å². The lowest BCUT2D eigenvalue weighted by atomic mass is 9.70. The van der Waals surface area contributed by atoms with E-state index in [-0.39, 0.29) is 11.8 Å². The first-order valence-corrected chi connectivity index (χ1v) is 11.8. The average molecular weight is 461 g/mol. The quantitative estimate of drug-likeness (QED) is 0.478. The van der Waals surface area contributed by atoms with Crippen LogP contribution >= 0.6 is 0 Å². The molecule has 1 amide bonds. The zero-order valence-electron chi connectivity index (χ0n) is 20.2. The second kappa shape index (κ2) is 10.6. The van der Waals surface area contributed by atoms with Gasteiger partial charge in [0.25, 0.3) is 5.91 Å². The van der Waals surface area contributed by atoms with E-state index in [1.807, 2.05) is 12.1 Å². The standard InChI is InChI=1S/C27H32N4O3/c1-17(2)24-14-21(15-25-30-31-27(34-25)20-9-11-28-12-10-20)18(3)13-22(24)16-29-26(32)19-5-7-23(33-4)8-6-19/h5-13,17,21-22,24H,14-16H2,1-4H3,(H,29,32). The van der Waals surface area contributed by atoms with Crippen molar-refractivity contribution in [2.24, 2.45) is 23.7 Å². The molecule has 3 unspecified atom stereocenters. The smallest absolute Gasteiger partial charge is 0.251 e. The Morgan fingerprint density at radius 3 is 2.56 bits per heavy atom. The Morgan fingerprint density at radius 2 is 1.88 bits per heavy atom. The Hall–Kier alpha value is -3.48. The molecule has 3 aromatic rings. The van der Waals surface area contributed by atoms with Crippen LogP contribution in [0.1, 0.15) is 43.4 Å². The number of rotatable bonds is 8. The molecule has 1 aliphatic carbocycles. The van der Waals surface area contributed by atoms with Gasteiger partial charge in [-0.3, -0.25) is 9.78 Å². The molecule has 1 N–H and O–H groups in total. The average Bonchev–Trinajstić information content (AvgIpc) is 3.33. The van der Waals surface area contributed by atoms with Crippen molar-refractivity contribution in [1.82, 2.24) is 20.5 Å². The van der Waals surface area contributed by atoms with Gasteiger partial charge in [0.2, 0.25) is 11.8 Å². The van der Waals surface area contributed by atoms with Gasteiger partial charge < -0.3 is 14.5 Å².